The molecule has 0 bridgehead atoms. The van der Waals surface area contributed by atoms with Crippen molar-refractivity contribution in [1.82, 2.24) is 0 Å². The molecular weight excluding hydrogens is 283 g/mol. The van der Waals surface area contributed by atoms with E-state index in [4.69, 9.17) is 5.73 Å². The van der Waals surface area contributed by atoms with E-state index < -0.39 is 32.1 Å². The average molecular weight is 302 g/mol. The first-order valence-corrected chi connectivity index (χ1v) is 7.89. The molecular formula is C13H19FN2O3S. The fourth-order valence-electron chi connectivity index (χ4n) is 1.61. The highest BCUT2D eigenvalue weighted by Crippen LogP contribution is 2.21. The molecule has 7 heteroatoms. The van der Waals surface area contributed by atoms with E-state index in [2.05, 4.69) is 5.32 Å². The Balaban J connectivity index is 2.91. The minimum absolute atomic E-state index is 0.0477. The van der Waals surface area contributed by atoms with Crippen LogP contribution in [0.15, 0.2) is 18.2 Å². The first kappa shape index (κ1) is 16.4. The number of nitrogens with one attached hydrogen (secondary N) is 1. The van der Waals surface area contributed by atoms with Gasteiger partial charge >= 0.3 is 0 Å². The second-order valence-electron chi connectivity index (χ2n) is 4.67. The largest absolute Gasteiger partial charge is 0.397 e. The van der Waals surface area contributed by atoms with Crippen LogP contribution in [0.3, 0.4) is 0 Å². The molecule has 1 aromatic rings. The second kappa shape index (κ2) is 6.21. The van der Waals surface area contributed by atoms with E-state index >= 15 is 0 Å². The zero-order valence-electron chi connectivity index (χ0n) is 11.7. The topological polar surface area (TPSA) is 89.3 Å². The SMILES string of the molecule is CCC(C)S(=O)(=O)C(C)C(=O)Nc1ccc(F)cc1N. The Labute approximate surface area is 118 Å². The molecule has 0 spiro atoms. The van der Waals surface area contributed by atoms with Crippen LogP contribution in [0.1, 0.15) is 27.2 Å². The number of carbonyl (C=O) groups excluding carboxylic acids is 1. The normalized spacial score (nSPS) is 14.6. The molecule has 0 aromatic heterocycles. The lowest BCUT2D eigenvalue weighted by molar-refractivity contribution is -0.115. The number of nitrogen functional groups attached to an aromatic ring is 1. The van der Waals surface area contributed by atoms with Gasteiger partial charge in [0, 0.05) is 0 Å². The lowest BCUT2D eigenvalue weighted by Gasteiger charge is -2.18. The van der Waals surface area contributed by atoms with E-state index in [-0.39, 0.29) is 11.4 Å². The molecule has 2 atom stereocenters. The van der Waals surface area contributed by atoms with Crippen LogP contribution in [0.4, 0.5) is 15.8 Å². The predicted molar refractivity (Wildman–Crippen MR) is 77.6 cm³/mol. The molecule has 0 aliphatic rings. The number of halogens is 1. The zero-order chi connectivity index (χ0) is 15.5. The summed E-state index contributed by atoms with van der Waals surface area (Å²) < 4.78 is 37.1. The van der Waals surface area contributed by atoms with Crippen molar-refractivity contribution in [2.24, 2.45) is 0 Å². The summed E-state index contributed by atoms with van der Waals surface area (Å²) in [5.41, 5.74) is 5.81. The fraction of sp³-hybridized carbons (Fsp3) is 0.462. The van der Waals surface area contributed by atoms with Gasteiger partial charge in [-0.05, 0) is 38.5 Å². The third-order valence-electron chi connectivity index (χ3n) is 3.27. The molecule has 1 rings (SSSR count). The van der Waals surface area contributed by atoms with Gasteiger partial charge in [0.1, 0.15) is 11.1 Å². The number of hydrogen-bond acceptors (Lipinski definition) is 4. The van der Waals surface area contributed by atoms with Crippen molar-refractivity contribution in [3.8, 4) is 0 Å². The standard InChI is InChI=1S/C13H19FN2O3S/c1-4-8(2)20(18,19)9(3)13(17)16-12-6-5-10(14)7-11(12)15/h5-9H,4,15H2,1-3H3,(H,16,17). The van der Waals surface area contributed by atoms with Crippen molar-refractivity contribution in [3.05, 3.63) is 24.0 Å². The smallest absolute Gasteiger partial charge is 0.242 e. The average Bonchev–Trinajstić information content (AvgIpc) is 2.39. The summed E-state index contributed by atoms with van der Waals surface area (Å²) in [5, 5.41) is 0.617. The summed E-state index contributed by atoms with van der Waals surface area (Å²) in [6.07, 6.45) is 0.429. The Kier molecular flexibility index (Phi) is 5.10. The number of amides is 1. The summed E-state index contributed by atoms with van der Waals surface area (Å²) in [6.45, 7) is 4.63. The molecule has 1 amide bonds. The summed E-state index contributed by atoms with van der Waals surface area (Å²) in [7, 11) is -3.56. The minimum atomic E-state index is -3.56. The van der Waals surface area contributed by atoms with Crippen LogP contribution in [0, 0.1) is 5.82 Å². The Hall–Kier alpha value is -1.63. The molecule has 20 heavy (non-hydrogen) atoms. The zero-order valence-corrected chi connectivity index (χ0v) is 12.5. The minimum Gasteiger partial charge on any atom is -0.397 e. The number of sulfone groups is 1. The number of hydrogen-bond donors (Lipinski definition) is 2. The molecule has 0 aliphatic carbocycles. The molecule has 1 aromatic carbocycles. The Bertz CT molecular complexity index is 602. The molecule has 0 saturated carbocycles. The van der Waals surface area contributed by atoms with E-state index in [0.717, 1.165) is 12.1 Å². The molecule has 0 radical (unpaired) electrons. The molecule has 0 saturated heterocycles. The van der Waals surface area contributed by atoms with Gasteiger partial charge in [-0.15, -0.1) is 0 Å². The Morgan fingerprint density at radius 2 is 2.00 bits per heavy atom. The van der Waals surface area contributed by atoms with Gasteiger partial charge < -0.3 is 11.1 Å². The van der Waals surface area contributed by atoms with E-state index in [9.17, 15) is 17.6 Å². The van der Waals surface area contributed by atoms with Crippen LogP contribution in [0.2, 0.25) is 0 Å². The van der Waals surface area contributed by atoms with Crippen LogP contribution in [-0.4, -0.2) is 24.8 Å². The molecule has 2 unspecified atom stereocenters. The number of carbonyl (C=O) groups is 1. The maximum Gasteiger partial charge on any atom is 0.242 e. The van der Waals surface area contributed by atoms with E-state index in [1.54, 1.807) is 13.8 Å². The van der Waals surface area contributed by atoms with Crippen LogP contribution < -0.4 is 11.1 Å². The number of benzene rings is 1. The van der Waals surface area contributed by atoms with Crippen molar-refractivity contribution in [2.45, 2.75) is 37.7 Å². The van der Waals surface area contributed by atoms with Crippen LogP contribution in [0.5, 0.6) is 0 Å². The Morgan fingerprint density at radius 3 is 2.50 bits per heavy atom. The second-order valence-corrected chi connectivity index (χ2v) is 7.36. The van der Waals surface area contributed by atoms with Crippen molar-refractivity contribution in [1.29, 1.82) is 0 Å². The van der Waals surface area contributed by atoms with Gasteiger partial charge in [-0.1, -0.05) is 6.92 Å². The summed E-state index contributed by atoms with van der Waals surface area (Å²) in [6, 6.07) is 3.49. The van der Waals surface area contributed by atoms with Gasteiger partial charge in [-0.2, -0.15) is 0 Å². The molecule has 0 aliphatic heterocycles. The lowest BCUT2D eigenvalue weighted by Crippen LogP contribution is -2.37. The molecule has 0 heterocycles. The van der Waals surface area contributed by atoms with Gasteiger partial charge in [0.2, 0.25) is 5.91 Å². The highest BCUT2D eigenvalue weighted by atomic mass is 32.2. The van der Waals surface area contributed by atoms with Crippen molar-refractivity contribution >= 4 is 27.1 Å². The lowest BCUT2D eigenvalue weighted by atomic mass is 10.2. The highest BCUT2D eigenvalue weighted by molar-refractivity contribution is 7.93. The van der Waals surface area contributed by atoms with Crippen molar-refractivity contribution in [2.75, 3.05) is 11.1 Å². The van der Waals surface area contributed by atoms with Crippen molar-refractivity contribution < 1.29 is 17.6 Å². The fourth-order valence-corrected chi connectivity index (χ4v) is 3.13. The molecule has 112 valence electrons. The van der Waals surface area contributed by atoms with Crippen LogP contribution >= 0.6 is 0 Å². The van der Waals surface area contributed by atoms with Crippen LogP contribution in [0.25, 0.3) is 0 Å². The van der Waals surface area contributed by atoms with E-state index in [1.807, 2.05) is 0 Å². The summed E-state index contributed by atoms with van der Waals surface area (Å²) in [4.78, 5) is 12.0. The van der Waals surface area contributed by atoms with Crippen molar-refractivity contribution in [3.63, 3.8) is 0 Å². The maximum absolute atomic E-state index is 12.9. The first-order chi connectivity index (χ1) is 9.20. The molecule has 3 N–H and O–H groups in total. The highest BCUT2D eigenvalue weighted by Gasteiger charge is 2.32. The quantitative estimate of drug-likeness (QED) is 0.814. The monoisotopic (exact) mass is 302 g/mol. The van der Waals surface area contributed by atoms with Gasteiger partial charge in [0.25, 0.3) is 0 Å². The first-order valence-electron chi connectivity index (χ1n) is 6.28. The van der Waals surface area contributed by atoms with Gasteiger partial charge in [0.05, 0.1) is 16.6 Å². The summed E-state index contributed by atoms with van der Waals surface area (Å²) >= 11 is 0. The molecule has 5 nitrogen and oxygen atoms in total. The summed E-state index contributed by atoms with van der Waals surface area (Å²) in [5.74, 6) is -1.20. The third kappa shape index (κ3) is 3.47. The van der Waals surface area contributed by atoms with E-state index in [0.29, 0.717) is 6.42 Å². The third-order valence-corrected chi connectivity index (χ3v) is 5.92. The number of anilines is 2. The van der Waals surface area contributed by atoms with Gasteiger partial charge in [-0.25, -0.2) is 12.8 Å². The predicted octanol–water partition coefficient (Wildman–Crippen LogP) is 1.95. The van der Waals surface area contributed by atoms with Crippen LogP contribution in [-0.2, 0) is 14.6 Å². The number of rotatable bonds is 5. The van der Waals surface area contributed by atoms with Gasteiger partial charge in [-0.3, -0.25) is 4.79 Å². The van der Waals surface area contributed by atoms with E-state index in [1.165, 1.54) is 13.0 Å². The maximum atomic E-state index is 12.9. The number of nitrogens with two attached hydrogens (primary N) is 1. The Morgan fingerprint density at radius 1 is 1.40 bits per heavy atom. The molecule has 0 fully saturated rings. The van der Waals surface area contributed by atoms with Gasteiger partial charge in [0.15, 0.2) is 9.84 Å².